The van der Waals surface area contributed by atoms with Crippen molar-refractivity contribution in [3.05, 3.63) is 51.7 Å². The fourth-order valence-electron chi connectivity index (χ4n) is 2.15. The summed E-state index contributed by atoms with van der Waals surface area (Å²) in [5.41, 5.74) is 1.87. The molecule has 0 saturated carbocycles. The first-order valence-corrected chi connectivity index (χ1v) is 7.84. The van der Waals surface area contributed by atoms with Crippen molar-refractivity contribution in [2.75, 3.05) is 6.61 Å². The van der Waals surface area contributed by atoms with Gasteiger partial charge in [-0.15, -0.1) is 0 Å². The van der Waals surface area contributed by atoms with E-state index in [2.05, 4.69) is 22.9 Å². The molecule has 0 amide bonds. The molecule has 0 bridgehead atoms. The molecule has 2 rings (SSSR count). The molecule has 0 atom stereocenters. The highest BCUT2D eigenvalue weighted by Gasteiger charge is 2.17. The molecule has 0 N–H and O–H groups in total. The molecule has 1 heterocycles. The van der Waals surface area contributed by atoms with Gasteiger partial charge in [-0.1, -0.05) is 41.4 Å². The third-order valence-electron chi connectivity index (χ3n) is 3.18. The Labute approximate surface area is 128 Å². The van der Waals surface area contributed by atoms with E-state index in [1.165, 1.54) is 0 Å². The fraction of sp³-hybridized carbons (Fsp3) is 0.353. The minimum Gasteiger partial charge on any atom is -0.490 e. The van der Waals surface area contributed by atoms with Gasteiger partial charge >= 0.3 is 0 Å². The van der Waals surface area contributed by atoms with E-state index in [1.54, 1.807) is 0 Å². The van der Waals surface area contributed by atoms with Gasteiger partial charge in [0.2, 0.25) is 5.78 Å². The SMILES string of the molecule is CCC/C(=C\c1ccc(Br)cc1)C(=O)C1=CCCCO1. The minimum atomic E-state index is 0.0365. The molecule has 1 aromatic carbocycles. The predicted molar refractivity (Wildman–Crippen MR) is 85.3 cm³/mol. The first kappa shape index (κ1) is 15.0. The lowest BCUT2D eigenvalue weighted by Crippen LogP contribution is -2.13. The normalized spacial score (nSPS) is 15.5. The summed E-state index contributed by atoms with van der Waals surface area (Å²) in [5, 5.41) is 0. The molecule has 0 aromatic heterocycles. The topological polar surface area (TPSA) is 26.3 Å². The van der Waals surface area contributed by atoms with Gasteiger partial charge in [-0.3, -0.25) is 4.79 Å². The zero-order valence-electron chi connectivity index (χ0n) is 11.7. The summed E-state index contributed by atoms with van der Waals surface area (Å²) in [6.07, 6.45) is 7.53. The van der Waals surface area contributed by atoms with Gasteiger partial charge in [-0.05, 0) is 49.1 Å². The lowest BCUT2D eigenvalue weighted by molar-refractivity contribution is -0.115. The molecular formula is C17H19BrO2. The molecule has 0 fully saturated rings. The van der Waals surface area contributed by atoms with E-state index >= 15 is 0 Å². The number of allylic oxidation sites excluding steroid dienone is 2. The van der Waals surface area contributed by atoms with E-state index in [-0.39, 0.29) is 5.78 Å². The van der Waals surface area contributed by atoms with Crippen molar-refractivity contribution in [3.63, 3.8) is 0 Å². The van der Waals surface area contributed by atoms with Gasteiger partial charge in [-0.2, -0.15) is 0 Å². The lowest BCUT2D eigenvalue weighted by Gasteiger charge is -2.15. The maximum absolute atomic E-state index is 12.5. The summed E-state index contributed by atoms with van der Waals surface area (Å²) in [6, 6.07) is 7.97. The molecule has 0 spiro atoms. The summed E-state index contributed by atoms with van der Waals surface area (Å²) in [4.78, 5) is 12.5. The first-order valence-electron chi connectivity index (χ1n) is 7.04. The van der Waals surface area contributed by atoms with E-state index in [1.807, 2.05) is 36.4 Å². The van der Waals surface area contributed by atoms with Crippen LogP contribution in [-0.4, -0.2) is 12.4 Å². The van der Waals surface area contributed by atoms with Crippen LogP contribution in [0.4, 0.5) is 0 Å². The van der Waals surface area contributed by atoms with Gasteiger partial charge < -0.3 is 4.74 Å². The molecule has 0 unspecified atom stereocenters. The highest BCUT2D eigenvalue weighted by Crippen LogP contribution is 2.21. The number of rotatable bonds is 5. The molecule has 1 aliphatic rings. The largest absolute Gasteiger partial charge is 0.490 e. The van der Waals surface area contributed by atoms with Crippen LogP contribution in [0.15, 0.2) is 46.1 Å². The summed E-state index contributed by atoms with van der Waals surface area (Å²) in [7, 11) is 0. The number of Topliss-reactive ketones (excluding diaryl/α,β-unsaturated/α-hetero) is 1. The number of ether oxygens (including phenoxy) is 1. The van der Waals surface area contributed by atoms with Gasteiger partial charge in [0.15, 0.2) is 5.76 Å². The molecule has 1 aliphatic heterocycles. The zero-order chi connectivity index (χ0) is 14.4. The monoisotopic (exact) mass is 334 g/mol. The molecule has 2 nitrogen and oxygen atoms in total. The van der Waals surface area contributed by atoms with Crippen LogP contribution in [-0.2, 0) is 9.53 Å². The number of carbonyl (C=O) groups is 1. The Bertz CT molecular complexity index is 526. The molecule has 106 valence electrons. The van der Waals surface area contributed by atoms with Gasteiger partial charge in [0.25, 0.3) is 0 Å². The fourth-order valence-corrected chi connectivity index (χ4v) is 2.42. The Hall–Kier alpha value is -1.35. The summed E-state index contributed by atoms with van der Waals surface area (Å²) in [5.74, 6) is 0.558. The van der Waals surface area contributed by atoms with Crippen molar-refractivity contribution in [1.82, 2.24) is 0 Å². The van der Waals surface area contributed by atoms with Gasteiger partial charge in [0.1, 0.15) is 0 Å². The highest BCUT2D eigenvalue weighted by molar-refractivity contribution is 9.10. The zero-order valence-corrected chi connectivity index (χ0v) is 13.3. The van der Waals surface area contributed by atoms with E-state index in [9.17, 15) is 4.79 Å². The second kappa shape index (κ2) is 7.44. The molecular weight excluding hydrogens is 316 g/mol. The van der Waals surface area contributed by atoms with Gasteiger partial charge in [-0.25, -0.2) is 0 Å². The van der Waals surface area contributed by atoms with Crippen LogP contribution >= 0.6 is 15.9 Å². The first-order chi connectivity index (χ1) is 9.70. The molecule has 0 saturated heterocycles. The van der Waals surface area contributed by atoms with Crippen LogP contribution in [0.25, 0.3) is 6.08 Å². The summed E-state index contributed by atoms with van der Waals surface area (Å²) < 4.78 is 6.53. The molecule has 20 heavy (non-hydrogen) atoms. The molecule has 1 aromatic rings. The maximum Gasteiger partial charge on any atom is 0.223 e. The summed E-state index contributed by atoms with van der Waals surface area (Å²) in [6.45, 7) is 2.73. The van der Waals surface area contributed by atoms with E-state index in [4.69, 9.17) is 4.74 Å². The van der Waals surface area contributed by atoms with Crippen LogP contribution in [0.2, 0.25) is 0 Å². The number of carbonyl (C=O) groups excluding carboxylic acids is 1. The van der Waals surface area contributed by atoms with E-state index in [0.717, 1.165) is 41.3 Å². The smallest absolute Gasteiger partial charge is 0.223 e. The minimum absolute atomic E-state index is 0.0365. The Balaban J connectivity index is 2.23. The predicted octanol–water partition coefficient (Wildman–Crippen LogP) is 4.90. The Morgan fingerprint density at radius 1 is 1.35 bits per heavy atom. The van der Waals surface area contributed by atoms with Crippen LogP contribution in [0.1, 0.15) is 38.2 Å². The van der Waals surface area contributed by atoms with Crippen molar-refractivity contribution >= 4 is 27.8 Å². The second-order valence-electron chi connectivity index (χ2n) is 4.86. The number of hydrogen-bond donors (Lipinski definition) is 0. The van der Waals surface area contributed by atoms with Crippen LogP contribution in [0, 0.1) is 0 Å². The quantitative estimate of drug-likeness (QED) is 0.716. The highest BCUT2D eigenvalue weighted by atomic mass is 79.9. The second-order valence-corrected chi connectivity index (χ2v) is 5.77. The van der Waals surface area contributed by atoms with Crippen molar-refractivity contribution in [2.24, 2.45) is 0 Å². The van der Waals surface area contributed by atoms with Crippen molar-refractivity contribution in [3.8, 4) is 0 Å². The average molecular weight is 335 g/mol. The number of hydrogen-bond acceptors (Lipinski definition) is 2. The van der Waals surface area contributed by atoms with Crippen LogP contribution in [0.5, 0.6) is 0 Å². The Morgan fingerprint density at radius 3 is 2.70 bits per heavy atom. The lowest BCUT2D eigenvalue weighted by atomic mass is 10.00. The average Bonchev–Trinajstić information content (AvgIpc) is 2.49. The van der Waals surface area contributed by atoms with Crippen molar-refractivity contribution in [2.45, 2.75) is 32.6 Å². The summed E-state index contributed by atoms with van der Waals surface area (Å²) >= 11 is 3.42. The maximum atomic E-state index is 12.5. The van der Waals surface area contributed by atoms with E-state index < -0.39 is 0 Å². The molecule has 3 heteroatoms. The third kappa shape index (κ3) is 4.07. The molecule has 0 radical (unpaired) electrons. The van der Waals surface area contributed by atoms with Crippen LogP contribution in [0.3, 0.4) is 0 Å². The standard InChI is InChI=1S/C17H19BrO2/c1-2-5-14(12-13-7-9-15(18)10-8-13)17(19)16-6-3-4-11-20-16/h6-10,12H,2-5,11H2,1H3/b14-12+. The van der Waals surface area contributed by atoms with Crippen molar-refractivity contribution in [1.29, 1.82) is 0 Å². The number of halogens is 1. The Morgan fingerprint density at radius 2 is 2.10 bits per heavy atom. The van der Waals surface area contributed by atoms with Crippen molar-refractivity contribution < 1.29 is 9.53 Å². The number of ketones is 1. The molecule has 0 aliphatic carbocycles. The van der Waals surface area contributed by atoms with Gasteiger partial charge in [0, 0.05) is 10.0 Å². The number of benzene rings is 1. The Kier molecular flexibility index (Phi) is 5.60. The van der Waals surface area contributed by atoms with Gasteiger partial charge in [0.05, 0.1) is 6.61 Å². The van der Waals surface area contributed by atoms with Crippen LogP contribution < -0.4 is 0 Å². The third-order valence-corrected chi connectivity index (χ3v) is 3.71. The van der Waals surface area contributed by atoms with E-state index in [0.29, 0.717) is 12.4 Å².